The molecule has 0 spiro atoms. The maximum atomic E-state index is 11.5. The van der Waals surface area contributed by atoms with Crippen LogP contribution < -0.4 is 0 Å². The third kappa shape index (κ3) is 23.5. The van der Waals surface area contributed by atoms with Crippen molar-refractivity contribution in [2.24, 2.45) is 47.3 Å². The van der Waals surface area contributed by atoms with E-state index in [1.807, 2.05) is 102 Å². The number of ether oxygens (including phenoxy) is 2. The van der Waals surface area contributed by atoms with Gasteiger partial charge in [0.25, 0.3) is 0 Å². The fourth-order valence-electron chi connectivity index (χ4n) is 5.62. The van der Waals surface area contributed by atoms with Gasteiger partial charge in [-0.2, -0.15) is 0 Å². The fraction of sp³-hybridized carbons (Fsp3) is 0.690. The number of aliphatic hydroxyl groups excluding tert-OH is 3. The molecule has 308 valence electrons. The zero-order valence-electron chi connectivity index (χ0n) is 34.0. The maximum absolute atomic E-state index is 11.5. The number of rotatable bonds is 25. The van der Waals surface area contributed by atoms with Crippen LogP contribution in [0.4, 0.5) is 0 Å². The molecule has 0 saturated carbocycles. The van der Waals surface area contributed by atoms with E-state index in [1.165, 1.54) is 5.56 Å². The Morgan fingerprint density at radius 3 is 1.43 bits per heavy atom. The lowest BCUT2D eigenvalue weighted by Gasteiger charge is -2.27. The molecule has 2 aromatic carbocycles. The molecule has 2 aromatic rings. The van der Waals surface area contributed by atoms with Gasteiger partial charge < -0.3 is 29.6 Å². The van der Waals surface area contributed by atoms with Crippen molar-refractivity contribution in [3.63, 3.8) is 0 Å². The first-order valence-corrected chi connectivity index (χ1v) is 19.4. The third-order valence-electron chi connectivity index (χ3n) is 10.0. The van der Waals surface area contributed by atoms with Gasteiger partial charge in [-0.05, 0) is 64.9 Å². The molecule has 54 heavy (non-hydrogen) atoms. The molecule has 0 aliphatic heterocycles. The standard InChI is InChI=1S/C21H35NO5.C14H20O2.C7H15NO3/c1-15(2)18(12-23)10-20(22(25)26)21(24)11-19(16(3)4)14-27-13-17-8-6-5-7-9-17;1-12(2)14(8-9-15)11-16-10-13-6-4-3-5-7-13;1-6(2)7(5-9)3-4-8(10)11/h5-9,15-16,18-21,23-24H,10-14H2,1-4H3;3-7,9,12,14H,8,10-11H2,1-2H3;6-7,9H,3-5H2,1-2H3/t18-,19-,20?,21+;14-;7-/m111/s1. The average molecular weight is 763 g/mol. The number of nitro groups is 2. The number of carbonyl (C=O) groups is 1. The van der Waals surface area contributed by atoms with Gasteiger partial charge in [-0.25, -0.2) is 0 Å². The van der Waals surface area contributed by atoms with Crippen LogP contribution in [0.1, 0.15) is 92.2 Å². The van der Waals surface area contributed by atoms with Crippen LogP contribution in [-0.4, -0.2) is 76.6 Å². The van der Waals surface area contributed by atoms with E-state index in [1.54, 1.807) is 0 Å². The van der Waals surface area contributed by atoms with E-state index in [9.17, 15) is 35.2 Å². The van der Waals surface area contributed by atoms with Crippen molar-refractivity contribution in [1.29, 1.82) is 0 Å². The molecule has 0 saturated heterocycles. The lowest BCUT2D eigenvalue weighted by molar-refractivity contribution is -0.537. The zero-order chi connectivity index (χ0) is 41.1. The number of carbonyl (C=O) groups excluding carboxylic acids is 1. The number of benzene rings is 2. The molecule has 1 unspecified atom stereocenters. The number of nitrogens with zero attached hydrogens (tertiary/aromatic N) is 2. The predicted molar refractivity (Wildman–Crippen MR) is 213 cm³/mol. The SMILES string of the molecule is CC(C)[C@@H](CO)CC([C@@H](O)C[C@H](COCc1ccccc1)C(C)C)[N+](=O)[O-].CC(C)[C@@H](CO)CC[N+](=O)[O-].CC(C)[C@H](CC=O)COCc1ccccc1. The second kappa shape index (κ2) is 30.0. The van der Waals surface area contributed by atoms with Crippen LogP contribution in [0.15, 0.2) is 60.7 Å². The van der Waals surface area contributed by atoms with E-state index in [0.29, 0.717) is 63.4 Å². The van der Waals surface area contributed by atoms with Crippen molar-refractivity contribution in [3.05, 3.63) is 92.0 Å². The largest absolute Gasteiger partial charge is 0.396 e. The highest BCUT2D eigenvalue weighted by atomic mass is 16.6. The van der Waals surface area contributed by atoms with E-state index in [2.05, 4.69) is 13.8 Å². The van der Waals surface area contributed by atoms with E-state index in [-0.39, 0.29) is 60.7 Å². The van der Waals surface area contributed by atoms with Gasteiger partial charge >= 0.3 is 0 Å². The van der Waals surface area contributed by atoms with Gasteiger partial charge in [0.15, 0.2) is 0 Å². The van der Waals surface area contributed by atoms with Gasteiger partial charge in [0.05, 0.1) is 26.4 Å². The molecule has 0 amide bonds. The Hall–Kier alpha value is -3.29. The van der Waals surface area contributed by atoms with Gasteiger partial charge in [0.2, 0.25) is 12.6 Å². The minimum atomic E-state index is -1.07. The summed E-state index contributed by atoms with van der Waals surface area (Å²) in [6.07, 6.45) is 1.48. The monoisotopic (exact) mass is 763 g/mol. The molecular formula is C42H70N2O10. The molecule has 12 heteroatoms. The molecule has 0 aromatic heterocycles. The van der Waals surface area contributed by atoms with Crippen LogP contribution in [0.25, 0.3) is 0 Å². The van der Waals surface area contributed by atoms with E-state index >= 15 is 0 Å². The topological polar surface area (TPSA) is 182 Å². The second-order valence-electron chi connectivity index (χ2n) is 15.5. The smallest absolute Gasteiger partial charge is 0.238 e. The molecule has 0 bridgehead atoms. The molecule has 0 aliphatic carbocycles. The molecule has 0 fully saturated rings. The van der Waals surface area contributed by atoms with Crippen LogP contribution in [0.5, 0.6) is 0 Å². The number of hydrogen-bond donors (Lipinski definition) is 3. The Kier molecular flexibility index (Phi) is 28.2. The Labute approximate surface area is 324 Å². The normalized spacial score (nSPS) is 14.6. The summed E-state index contributed by atoms with van der Waals surface area (Å²) in [5.74, 6) is 1.41. The van der Waals surface area contributed by atoms with E-state index < -0.39 is 17.1 Å². The summed E-state index contributed by atoms with van der Waals surface area (Å²) in [5, 5.41) is 50.3. The molecule has 3 N–H and O–H groups in total. The summed E-state index contributed by atoms with van der Waals surface area (Å²) in [5.41, 5.74) is 2.25. The molecule has 0 radical (unpaired) electrons. The number of hydrogen-bond acceptors (Lipinski definition) is 10. The minimum Gasteiger partial charge on any atom is -0.396 e. The summed E-state index contributed by atoms with van der Waals surface area (Å²) in [4.78, 5) is 31.2. The zero-order valence-corrected chi connectivity index (χ0v) is 34.0. The molecule has 2 rings (SSSR count). The number of aldehydes is 1. The van der Waals surface area contributed by atoms with Crippen molar-refractivity contribution >= 4 is 6.29 Å². The average Bonchev–Trinajstić information content (AvgIpc) is 3.12. The fourth-order valence-corrected chi connectivity index (χ4v) is 5.62. The van der Waals surface area contributed by atoms with Crippen molar-refractivity contribution in [2.45, 2.75) is 106 Å². The van der Waals surface area contributed by atoms with Gasteiger partial charge in [0, 0.05) is 42.3 Å². The Balaban J connectivity index is 0.000000876. The lowest BCUT2D eigenvalue weighted by atomic mass is 9.84. The van der Waals surface area contributed by atoms with Crippen LogP contribution in [0.3, 0.4) is 0 Å². The minimum absolute atomic E-state index is 0.0257. The van der Waals surface area contributed by atoms with Crippen molar-refractivity contribution in [3.8, 4) is 0 Å². The summed E-state index contributed by atoms with van der Waals surface area (Å²) in [7, 11) is 0. The Morgan fingerprint density at radius 2 is 1.07 bits per heavy atom. The third-order valence-corrected chi connectivity index (χ3v) is 10.0. The first-order chi connectivity index (χ1) is 25.6. The molecular weight excluding hydrogens is 692 g/mol. The first-order valence-electron chi connectivity index (χ1n) is 19.4. The highest BCUT2D eigenvalue weighted by Gasteiger charge is 2.35. The maximum Gasteiger partial charge on any atom is 0.238 e. The van der Waals surface area contributed by atoms with E-state index in [4.69, 9.17) is 14.6 Å². The van der Waals surface area contributed by atoms with Crippen molar-refractivity contribution < 1.29 is 39.4 Å². The number of aliphatic hydroxyl groups is 3. The molecule has 6 atom stereocenters. The first kappa shape index (κ1) is 50.7. The Morgan fingerprint density at radius 1 is 0.648 bits per heavy atom. The highest BCUT2D eigenvalue weighted by molar-refractivity contribution is 5.49. The quantitative estimate of drug-likeness (QED) is 0.0520. The highest BCUT2D eigenvalue weighted by Crippen LogP contribution is 2.25. The van der Waals surface area contributed by atoms with Gasteiger partial charge in [-0.15, -0.1) is 0 Å². The molecule has 0 heterocycles. The van der Waals surface area contributed by atoms with Crippen LogP contribution in [-0.2, 0) is 27.5 Å². The van der Waals surface area contributed by atoms with Gasteiger partial charge in [-0.3, -0.25) is 20.2 Å². The summed E-state index contributed by atoms with van der Waals surface area (Å²) in [6, 6.07) is 18.9. The van der Waals surface area contributed by atoms with Crippen molar-refractivity contribution in [1.82, 2.24) is 0 Å². The predicted octanol–water partition coefficient (Wildman–Crippen LogP) is 7.51. The van der Waals surface area contributed by atoms with Crippen LogP contribution >= 0.6 is 0 Å². The van der Waals surface area contributed by atoms with Crippen molar-refractivity contribution in [2.75, 3.05) is 33.0 Å². The van der Waals surface area contributed by atoms with Crippen LogP contribution in [0.2, 0.25) is 0 Å². The second-order valence-corrected chi connectivity index (χ2v) is 15.5. The summed E-state index contributed by atoms with van der Waals surface area (Å²) >= 11 is 0. The Bertz CT molecular complexity index is 1230. The molecule has 12 nitrogen and oxygen atoms in total. The van der Waals surface area contributed by atoms with Gasteiger partial charge in [0.1, 0.15) is 12.4 Å². The van der Waals surface area contributed by atoms with Crippen LogP contribution in [0, 0.1) is 67.6 Å². The van der Waals surface area contributed by atoms with E-state index in [0.717, 1.165) is 11.8 Å². The summed E-state index contributed by atoms with van der Waals surface area (Å²) < 4.78 is 11.4. The lowest BCUT2D eigenvalue weighted by Crippen LogP contribution is -2.39. The molecule has 0 aliphatic rings. The van der Waals surface area contributed by atoms with Gasteiger partial charge in [-0.1, -0.05) is 116 Å². The summed E-state index contributed by atoms with van der Waals surface area (Å²) in [6.45, 7) is 18.2.